The van der Waals surface area contributed by atoms with Gasteiger partial charge in [0.15, 0.2) is 0 Å². The molecule has 1 N–H and O–H groups in total. The van der Waals surface area contributed by atoms with Gasteiger partial charge in [0.25, 0.3) is 0 Å². The lowest BCUT2D eigenvalue weighted by Gasteiger charge is -2.38. The number of para-hydroxylation sites is 1. The maximum Gasteiger partial charge on any atom is 0.326 e. The van der Waals surface area contributed by atoms with E-state index in [-0.39, 0.29) is 5.69 Å². The first-order valence-electron chi connectivity index (χ1n) is 8.02. The Hall–Kier alpha value is -1.55. The molecule has 3 rings (SSSR count). The summed E-state index contributed by atoms with van der Waals surface area (Å²) < 4.78 is 1.92. The highest BCUT2D eigenvalue weighted by atomic mass is 16.1. The van der Waals surface area contributed by atoms with E-state index in [0.717, 1.165) is 29.7 Å². The second-order valence-corrected chi connectivity index (χ2v) is 6.49. The number of nitrogens with one attached hydrogen (secondary N) is 1. The van der Waals surface area contributed by atoms with Crippen LogP contribution in [0, 0.1) is 6.92 Å². The van der Waals surface area contributed by atoms with Crippen LogP contribution in [-0.2, 0) is 6.54 Å². The zero-order valence-corrected chi connectivity index (χ0v) is 13.2. The summed E-state index contributed by atoms with van der Waals surface area (Å²) in [7, 11) is 0. The molecule has 1 aliphatic rings. The van der Waals surface area contributed by atoms with E-state index in [1.807, 2.05) is 29.7 Å². The van der Waals surface area contributed by atoms with E-state index in [4.69, 9.17) is 0 Å². The number of aryl methyl sites for hydroxylation is 1. The molecule has 4 nitrogen and oxygen atoms in total. The SMILES string of the molecule is Cc1cccc2c1[nH]c(=O)n2CC1CCCCN1C(C)C. The molecule has 0 saturated carbocycles. The summed E-state index contributed by atoms with van der Waals surface area (Å²) in [6.45, 7) is 8.49. The van der Waals surface area contributed by atoms with Crippen LogP contribution in [-0.4, -0.2) is 33.1 Å². The topological polar surface area (TPSA) is 41.0 Å². The first kappa shape index (κ1) is 14.4. The summed E-state index contributed by atoms with van der Waals surface area (Å²) in [5.41, 5.74) is 3.17. The fraction of sp³-hybridized carbons (Fsp3) is 0.588. The Labute approximate surface area is 125 Å². The molecule has 2 aromatic rings. The van der Waals surface area contributed by atoms with Gasteiger partial charge in [-0.15, -0.1) is 0 Å². The Kier molecular flexibility index (Phi) is 3.89. The summed E-state index contributed by atoms with van der Waals surface area (Å²) in [4.78, 5) is 17.9. The van der Waals surface area contributed by atoms with E-state index >= 15 is 0 Å². The molecule has 1 aromatic heterocycles. The van der Waals surface area contributed by atoms with E-state index in [1.165, 1.54) is 19.3 Å². The number of likely N-dealkylation sites (tertiary alicyclic amines) is 1. The molecule has 0 radical (unpaired) electrons. The van der Waals surface area contributed by atoms with Gasteiger partial charge in [0.05, 0.1) is 11.0 Å². The Bertz CT molecular complexity index is 683. The van der Waals surface area contributed by atoms with Crippen molar-refractivity contribution in [2.75, 3.05) is 6.54 Å². The van der Waals surface area contributed by atoms with E-state index < -0.39 is 0 Å². The van der Waals surface area contributed by atoms with Gasteiger partial charge in [-0.05, 0) is 51.8 Å². The number of piperidine rings is 1. The minimum absolute atomic E-state index is 0.0218. The normalized spacial score (nSPS) is 20.5. The number of hydrogen-bond donors (Lipinski definition) is 1. The van der Waals surface area contributed by atoms with Gasteiger partial charge in [-0.2, -0.15) is 0 Å². The number of benzene rings is 1. The third-order valence-electron chi connectivity index (χ3n) is 4.75. The molecule has 1 atom stereocenters. The summed E-state index contributed by atoms with van der Waals surface area (Å²) in [5.74, 6) is 0. The average Bonchev–Trinajstić information content (AvgIpc) is 2.78. The molecule has 4 heteroatoms. The average molecular weight is 287 g/mol. The lowest BCUT2D eigenvalue weighted by Crippen LogP contribution is -2.46. The van der Waals surface area contributed by atoms with Gasteiger partial charge in [0, 0.05) is 18.6 Å². The van der Waals surface area contributed by atoms with Crippen molar-refractivity contribution in [1.82, 2.24) is 14.5 Å². The molecule has 0 amide bonds. The van der Waals surface area contributed by atoms with Gasteiger partial charge in [-0.25, -0.2) is 4.79 Å². The van der Waals surface area contributed by atoms with Crippen molar-refractivity contribution in [3.63, 3.8) is 0 Å². The highest BCUT2D eigenvalue weighted by Gasteiger charge is 2.25. The molecule has 1 fully saturated rings. The standard InChI is InChI=1S/C17H25N3O/c1-12(2)19-10-5-4-8-14(19)11-20-15-9-6-7-13(3)16(15)18-17(20)21/h6-7,9,12,14H,4-5,8,10-11H2,1-3H3,(H,18,21). The molecule has 1 saturated heterocycles. The van der Waals surface area contributed by atoms with Gasteiger partial charge in [-0.3, -0.25) is 9.47 Å². The zero-order valence-electron chi connectivity index (χ0n) is 13.2. The van der Waals surface area contributed by atoms with Crippen LogP contribution in [0.3, 0.4) is 0 Å². The smallest absolute Gasteiger partial charge is 0.305 e. The molecule has 1 aliphatic heterocycles. The van der Waals surface area contributed by atoms with Gasteiger partial charge >= 0.3 is 5.69 Å². The zero-order chi connectivity index (χ0) is 15.0. The molecule has 21 heavy (non-hydrogen) atoms. The second kappa shape index (κ2) is 5.68. The molecular weight excluding hydrogens is 262 g/mol. The van der Waals surface area contributed by atoms with E-state index in [0.29, 0.717) is 12.1 Å². The number of aromatic amines is 1. The number of hydrogen-bond acceptors (Lipinski definition) is 2. The quantitative estimate of drug-likeness (QED) is 0.943. The third kappa shape index (κ3) is 2.64. The van der Waals surface area contributed by atoms with Crippen molar-refractivity contribution in [3.05, 3.63) is 34.2 Å². The molecule has 1 unspecified atom stereocenters. The van der Waals surface area contributed by atoms with Crippen LogP contribution in [0.15, 0.2) is 23.0 Å². The maximum atomic E-state index is 12.3. The van der Waals surface area contributed by atoms with Crippen molar-refractivity contribution in [2.45, 2.75) is 58.7 Å². The maximum absolute atomic E-state index is 12.3. The van der Waals surface area contributed by atoms with Gasteiger partial charge in [0.2, 0.25) is 0 Å². The number of rotatable bonds is 3. The van der Waals surface area contributed by atoms with Crippen LogP contribution in [0.2, 0.25) is 0 Å². The van der Waals surface area contributed by atoms with Crippen LogP contribution in [0.5, 0.6) is 0 Å². The molecule has 114 valence electrons. The fourth-order valence-electron chi connectivity index (χ4n) is 3.61. The summed E-state index contributed by atoms with van der Waals surface area (Å²) in [6.07, 6.45) is 3.73. The lowest BCUT2D eigenvalue weighted by atomic mass is 10.00. The van der Waals surface area contributed by atoms with Crippen molar-refractivity contribution >= 4 is 11.0 Å². The summed E-state index contributed by atoms with van der Waals surface area (Å²) in [5, 5.41) is 0. The van der Waals surface area contributed by atoms with Crippen LogP contribution in [0.1, 0.15) is 38.7 Å². The molecule has 1 aromatic carbocycles. The Morgan fingerprint density at radius 3 is 2.90 bits per heavy atom. The van der Waals surface area contributed by atoms with Crippen molar-refractivity contribution in [3.8, 4) is 0 Å². The number of nitrogens with zero attached hydrogens (tertiary/aromatic N) is 2. The predicted molar refractivity (Wildman–Crippen MR) is 86.8 cm³/mol. The summed E-state index contributed by atoms with van der Waals surface area (Å²) >= 11 is 0. The van der Waals surface area contributed by atoms with Crippen molar-refractivity contribution < 1.29 is 0 Å². The third-order valence-corrected chi connectivity index (χ3v) is 4.75. The van der Waals surface area contributed by atoms with Crippen LogP contribution >= 0.6 is 0 Å². The predicted octanol–water partition coefficient (Wildman–Crippen LogP) is 2.90. The first-order chi connectivity index (χ1) is 10.1. The monoisotopic (exact) mass is 287 g/mol. The number of aromatic nitrogens is 2. The van der Waals surface area contributed by atoms with Gasteiger partial charge in [0.1, 0.15) is 0 Å². The first-order valence-corrected chi connectivity index (χ1v) is 8.02. The van der Waals surface area contributed by atoms with E-state index in [2.05, 4.69) is 23.7 Å². The molecule has 0 spiro atoms. The Morgan fingerprint density at radius 2 is 2.14 bits per heavy atom. The van der Waals surface area contributed by atoms with Crippen molar-refractivity contribution in [2.24, 2.45) is 0 Å². The molecular formula is C17H25N3O. The van der Waals surface area contributed by atoms with E-state index in [1.54, 1.807) is 0 Å². The van der Waals surface area contributed by atoms with Gasteiger partial charge in [-0.1, -0.05) is 18.6 Å². The van der Waals surface area contributed by atoms with E-state index in [9.17, 15) is 4.79 Å². The molecule has 0 bridgehead atoms. The second-order valence-electron chi connectivity index (χ2n) is 6.49. The van der Waals surface area contributed by atoms with Gasteiger partial charge < -0.3 is 4.98 Å². The molecule has 2 heterocycles. The van der Waals surface area contributed by atoms with Crippen LogP contribution < -0.4 is 5.69 Å². The minimum Gasteiger partial charge on any atom is -0.305 e. The largest absolute Gasteiger partial charge is 0.326 e. The minimum atomic E-state index is 0.0218. The highest BCUT2D eigenvalue weighted by Crippen LogP contribution is 2.22. The lowest BCUT2D eigenvalue weighted by molar-refractivity contribution is 0.0993. The Morgan fingerprint density at radius 1 is 1.33 bits per heavy atom. The number of imidazole rings is 1. The van der Waals surface area contributed by atoms with Crippen LogP contribution in [0.25, 0.3) is 11.0 Å². The van der Waals surface area contributed by atoms with Crippen molar-refractivity contribution in [1.29, 1.82) is 0 Å². The summed E-state index contributed by atoms with van der Waals surface area (Å²) in [6, 6.07) is 7.13. The molecule has 0 aliphatic carbocycles. The fourth-order valence-corrected chi connectivity index (χ4v) is 3.61. The van der Waals surface area contributed by atoms with Crippen LogP contribution in [0.4, 0.5) is 0 Å². The highest BCUT2D eigenvalue weighted by molar-refractivity contribution is 5.78. The Balaban J connectivity index is 1.96. The number of fused-ring (bicyclic) bond motifs is 1. The number of H-pyrrole nitrogens is 1.